The predicted octanol–water partition coefficient (Wildman–Crippen LogP) is 1.32. The minimum Gasteiger partial charge on any atom is -0.565 e. The van der Waals surface area contributed by atoms with Crippen LogP contribution in [0.25, 0.3) is 0 Å². The van der Waals surface area contributed by atoms with E-state index in [1.165, 1.54) is 19.4 Å². The molecule has 0 spiro atoms. The van der Waals surface area contributed by atoms with E-state index in [1.807, 2.05) is 6.92 Å². The van der Waals surface area contributed by atoms with E-state index in [0.29, 0.717) is 0 Å². The molecule has 0 saturated heterocycles. The number of aliphatic hydroxyl groups excluding tert-OH is 1. The fraction of sp³-hybridized carbons (Fsp3) is 0.800. The van der Waals surface area contributed by atoms with Gasteiger partial charge in [0.25, 0.3) is 0 Å². The standard InChI is InChI=1S/C5H9O.Pr/c1-5(4-6)2-3-5;/h4,6H,2-3H2,1H3;/q-1;. The second-order valence-electron chi connectivity index (χ2n) is 2.28. The summed E-state index contributed by atoms with van der Waals surface area (Å²) in [7, 11) is 0. The molecule has 0 unspecified atom stereocenters. The van der Waals surface area contributed by atoms with Crippen molar-refractivity contribution in [2.45, 2.75) is 19.8 Å². The van der Waals surface area contributed by atoms with Crippen LogP contribution in [0.5, 0.6) is 0 Å². The summed E-state index contributed by atoms with van der Waals surface area (Å²) in [5.41, 5.74) is 0.222. The number of hydrogen-bond acceptors (Lipinski definition) is 1. The molecule has 1 nitrogen and oxygen atoms in total. The van der Waals surface area contributed by atoms with Crippen LogP contribution in [0, 0.1) is 53.3 Å². The van der Waals surface area contributed by atoms with Gasteiger partial charge < -0.3 is 5.11 Å². The Hall–Kier alpha value is 1.32. The first-order chi connectivity index (χ1) is 2.77. The molecule has 0 aromatic heterocycles. The van der Waals surface area contributed by atoms with Crippen LogP contribution in [-0.4, -0.2) is 5.11 Å². The quantitative estimate of drug-likeness (QED) is 0.668. The van der Waals surface area contributed by atoms with Gasteiger partial charge in [0.15, 0.2) is 0 Å². The average Bonchev–Trinajstić information content (AvgIpc) is 2.22. The fourth-order valence-electron chi connectivity index (χ4n) is 0.326. The molecule has 0 heterocycles. The molecular formula is C5H9OPr-. The first-order valence-electron chi connectivity index (χ1n) is 2.25. The van der Waals surface area contributed by atoms with Gasteiger partial charge in [-0.05, 0) is 0 Å². The summed E-state index contributed by atoms with van der Waals surface area (Å²) in [6.45, 7) is 3.35. The van der Waals surface area contributed by atoms with Crippen LogP contribution in [0.15, 0.2) is 0 Å². The molecule has 1 fully saturated rings. The smallest absolute Gasteiger partial charge is 0 e. The fourth-order valence-corrected chi connectivity index (χ4v) is 0.326. The average molecular weight is 226 g/mol. The van der Waals surface area contributed by atoms with E-state index >= 15 is 0 Å². The third kappa shape index (κ3) is 2.39. The van der Waals surface area contributed by atoms with Crippen molar-refractivity contribution in [3.05, 3.63) is 6.61 Å². The summed E-state index contributed by atoms with van der Waals surface area (Å²) in [4.78, 5) is 0. The summed E-state index contributed by atoms with van der Waals surface area (Å²) in [5.74, 6) is 0. The van der Waals surface area contributed by atoms with Gasteiger partial charge in [-0.15, -0.1) is 5.41 Å². The van der Waals surface area contributed by atoms with E-state index in [4.69, 9.17) is 5.11 Å². The van der Waals surface area contributed by atoms with Gasteiger partial charge in [-0.25, -0.2) is 6.61 Å². The zero-order chi connectivity index (χ0) is 4.62. The Kier molecular flexibility index (Phi) is 3.27. The Morgan fingerprint density at radius 3 is 2.00 bits per heavy atom. The van der Waals surface area contributed by atoms with E-state index < -0.39 is 0 Å². The van der Waals surface area contributed by atoms with Gasteiger partial charge in [0.05, 0.1) is 0 Å². The Balaban J connectivity index is 0.000000360. The molecular weight excluding hydrogens is 217 g/mol. The largest absolute Gasteiger partial charge is 0.565 e. The van der Waals surface area contributed by atoms with Crippen molar-refractivity contribution < 1.29 is 46.4 Å². The summed E-state index contributed by atoms with van der Waals surface area (Å²) < 4.78 is 0. The van der Waals surface area contributed by atoms with Crippen molar-refractivity contribution in [1.82, 2.24) is 0 Å². The zero-order valence-electron chi connectivity index (χ0n) is 4.52. The Morgan fingerprint density at radius 2 is 2.00 bits per heavy atom. The van der Waals surface area contributed by atoms with Gasteiger partial charge >= 0.3 is 0 Å². The van der Waals surface area contributed by atoms with E-state index in [2.05, 4.69) is 0 Å². The molecule has 7 heavy (non-hydrogen) atoms. The molecule has 1 rings (SSSR count). The second-order valence-corrected chi connectivity index (χ2v) is 2.28. The first-order valence-corrected chi connectivity index (χ1v) is 2.25. The van der Waals surface area contributed by atoms with Crippen LogP contribution in [0.3, 0.4) is 0 Å². The van der Waals surface area contributed by atoms with E-state index in [1.54, 1.807) is 0 Å². The molecule has 0 atom stereocenters. The molecule has 0 aliphatic heterocycles. The molecule has 0 aromatic rings. The van der Waals surface area contributed by atoms with Crippen molar-refractivity contribution in [2.24, 2.45) is 5.41 Å². The Morgan fingerprint density at radius 1 is 1.57 bits per heavy atom. The van der Waals surface area contributed by atoms with E-state index in [0.717, 1.165) is 0 Å². The molecule has 0 bridgehead atoms. The van der Waals surface area contributed by atoms with Gasteiger partial charge in [-0.1, -0.05) is 19.8 Å². The van der Waals surface area contributed by atoms with Crippen LogP contribution in [0.1, 0.15) is 19.8 Å². The summed E-state index contributed by atoms with van der Waals surface area (Å²) in [6, 6.07) is 0. The predicted molar refractivity (Wildman–Crippen MR) is 23.6 cm³/mol. The van der Waals surface area contributed by atoms with Crippen molar-refractivity contribution in [1.29, 1.82) is 0 Å². The van der Waals surface area contributed by atoms with Crippen LogP contribution in [-0.2, 0) is 0 Å². The van der Waals surface area contributed by atoms with Crippen LogP contribution in [0.4, 0.5) is 0 Å². The maximum Gasteiger partial charge on any atom is 0 e. The summed E-state index contributed by atoms with van der Waals surface area (Å²) in [6.07, 6.45) is 2.34. The third-order valence-electron chi connectivity index (χ3n) is 1.35. The van der Waals surface area contributed by atoms with Gasteiger partial charge in [0.1, 0.15) is 0 Å². The molecule has 1 saturated carbocycles. The van der Waals surface area contributed by atoms with E-state index in [9.17, 15) is 0 Å². The summed E-state index contributed by atoms with van der Waals surface area (Å²) in [5, 5.41) is 8.34. The van der Waals surface area contributed by atoms with Crippen LogP contribution in [0.2, 0.25) is 0 Å². The molecule has 1 radical (unpaired) electrons. The first kappa shape index (κ1) is 8.32. The van der Waals surface area contributed by atoms with Crippen LogP contribution >= 0.6 is 0 Å². The minimum absolute atomic E-state index is 0. The molecule has 39 valence electrons. The third-order valence-corrected chi connectivity index (χ3v) is 1.35. The Bertz CT molecular complexity index is 59.1. The maximum atomic E-state index is 8.34. The van der Waals surface area contributed by atoms with E-state index in [-0.39, 0.29) is 46.7 Å². The number of hydrogen-bond donors (Lipinski definition) is 1. The van der Waals surface area contributed by atoms with Crippen molar-refractivity contribution in [3.8, 4) is 0 Å². The molecule has 2 heteroatoms. The van der Waals surface area contributed by atoms with Crippen molar-refractivity contribution >= 4 is 0 Å². The SMILES string of the molecule is CC1([CH-]O)CC1.[Pr]. The van der Waals surface area contributed by atoms with Gasteiger partial charge in [0, 0.05) is 41.3 Å². The van der Waals surface area contributed by atoms with Crippen molar-refractivity contribution in [3.63, 3.8) is 0 Å². The molecule has 0 aromatic carbocycles. The monoisotopic (exact) mass is 226 g/mol. The molecule has 0 amide bonds. The van der Waals surface area contributed by atoms with Gasteiger partial charge in [0.2, 0.25) is 0 Å². The molecule has 1 N–H and O–H groups in total. The van der Waals surface area contributed by atoms with Gasteiger partial charge in [-0.3, -0.25) is 0 Å². The number of aliphatic hydroxyl groups is 1. The number of rotatable bonds is 1. The van der Waals surface area contributed by atoms with Gasteiger partial charge in [-0.2, -0.15) is 0 Å². The van der Waals surface area contributed by atoms with Crippen molar-refractivity contribution in [2.75, 3.05) is 0 Å². The van der Waals surface area contributed by atoms with Crippen LogP contribution < -0.4 is 0 Å². The Labute approximate surface area is 77.4 Å². The second kappa shape index (κ2) is 2.75. The molecule has 1 aliphatic carbocycles. The normalized spacial score (nSPS) is 23.1. The topological polar surface area (TPSA) is 20.2 Å². The zero-order valence-corrected chi connectivity index (χ0v) is 8.22. The minimum atomic E-state index is 0. The molecule has 1 aliphatic rings. The maximum absolute atomic E-state index is 8.34. The summed E-state index contributed by atoms with van der Waals surface area (Å²) >= 11 is 0.